The molecule has 0 radical (unpaired) electrons. The molecule has 13 heavy (non-hydrogen) atoms. The lowest BCUT2D eigenvalue weighted by Crippen LogP contribution is -1.96. The maximum atomic E-state index is 2.30. The van der Waals surface area contributed by atoms with Crippen LogP contribution in [0.2, 0.25) is 0 Å². The summed E-state index contributed by atoms with van der Waals surface area (Å²) in [5.74, 6) is 0.588. The van der Waals surface area contributed by atoms with Crippen LogP contribution in [-0.2, 0) is 0 Å². The third kappa shape index (κ3) is 1.89. The molecule has 0 bridgehead atoms. The molecule has 0 fully saturated rings. The highest BCUT2D eigenvalue weighted by atomic mass is 14.1. The first-order valence-corrected chi connectivity index (χ1v) is 4.76. The van der Waals surface area contributed by atoms with Gasteiger partial charge in [0.1, 0.15) is 0 Å². The normalized spacial score (nSPS) is 21.3. The monoisotopic (exact) mass is 170 g/mol. The van der Waals surface area contributed by atoms with Gasteiger partial charge in [0.25, 0.3) is 0 Å². The summed E-state index contributed by atoms with van der Waals surface area (Å²) in [6.07, 6.45) is 7.95. The Kier molecular flexibility index (Phi) is 2.31. The standard InChI is InChI=1S/C13H14/c1-11-7-9-13(10-8-11)12-5-3-2-4-6-12/h2-9,13H,10H2,1H3. The molecular weight excluding hydrogens is 156 g/mol. The predicted molar refractivity (Wildman–Crippen MR) is 56.7 cm³/mol. The summed E-state index contributed by atoms with van der Waals surface area (Å²) in [5.41, 5.74) is 2.80. The van der Waals surface area contributed by atoms with E-state index < -0.39 is 0 Å². The van der Waals surface area contributed by atoms with E-state index in [4.69, 9.17) is 0 Å². The van der Waals surface area contributed by atoms with Crippen molar-refractivity contribution < 1.29 is 0 Å². The van der Waals surface area contributed by atoms with Crippen molar-refractivity contribution in [3.8, 4) is 0 Å². The maximum Gasteiger partial charge on any atom is 0.00559 e. The molecule has 0 amide bonds. The summed E-state index contributed by atoms with van der Waals surface area (Å²) in [4.78, 5) is 0. The molecule has 0 aliphatic heterocycles. The van der Waals surface area contributed by atoms with Crippen LogP contribution in [0.15, 0.2) is 54.1 Å². The second-order valence-corrected chi connectivity index (χ2v) is 3.56. The summed E-state index contributed by atoms with van der Waals surface area (Å²) < 4.78 is 0. The van der Waals surface area contributed by atoms with Crippen molar-refractivity contribution in [2.75, 3.05) is 0 Å². The van der Waals surface area contributed by atoms with Gasteiger partial charge in [-0.3, -0.25) is 0 Å². The van der Waals surface area contributed by atoms with Crippen LogP contribution in [-0.4, -0.2) is 0 Å². The minimum atomic E-state index is 0.588. The molecule has 0 saturated carbocycles. The predicted octanol–water partition coefficient (Wildman–Crippen LogP) is 3.68. The third-order valence-electron chi connectivity index (χ3n) is 2.51. The van der Waals surface area contributed by atoms with E-state index in [1.807, 2.05) is 0 Å². The maximum absolute atomic E-state index is 2.30. The molecule has 1 aromatic carbocycles. The first kappa shape index (κ1) is 8.31. The SMILES string of the molecule is CC1=CCC(c2ccccc2)C=C1. The topological polar surface area (TPSA) is 0 Å². The minimum absolute atomic E-state index is 0.588. The lowest BCUT2D eigenvalue weighted by atomic mass is 9.91. The van der Waals surface area contributed by atoms with Crippen LogP contribution in [0.4, 0.5) is 0 Å². The first-order valence-electron chi connectivity index (χ1n) is 4.76. The zero-order valence-corrected chi connectivity index (χ0v) is 7.90. The van der Waals surface area contributed by atoms with Gasteiger partial charge in [-0.15, -0.1) is 0 Å². The fourth-order valence-electron chi connectivity index (χ4n) is 1.67. The third-order valence-corrected chi connectivity index (χ3v) is 2.51. The Hall–Kier alpha value is -1.30. The summed E-state index contributed by atoms with van der Waals surface area (Å²) in [5, 5.41) is 0. The molecule has 0 nitrogen and oxygen atoms in total. The van der Waals surface area contributed by atoms with Crippen molar-refractivity contribution in [1.82, 2.24) is 0 Å². The smallest absolute Gasteiger partial charge is 0.00559 e. The van der Waals surface area contributed by atoms with Gasteiger partial charge in [0.15, 0.2) is 0 Å². The summed E-state index contributed by atoms with van der Waals surface area (Å²) in [6.45, 7) is 2.15. The number of allylic oxidation sites excluding steroid dienone is 4. The number of hydrogen-bond acceptors (Lipinski definition) is 0. The van der Waals surface area contributed by atoms with E-state index in [1.165, 1.54) is 11.1 Å². The highest BCUT2D eigenvalue weighted by Gasteiger charge is 2.08. The van der Waals surface area contributed by atoms with Crippen LogP contribution in [0.5, 0.6) is 0 Å². The van der Waals surface area contributed by atoms with Crippen LogP contribution >= 0.6 is 0 Å². The first-order chi connectivity index (χ1) is 6.36. The zero-order valence-electron chi connectivity index (χ0n) is 7.90. The van der Waals surface area contributed by atoms with E-state index in [9.17, 15) is 0 Å². The van der Waals surface area contributed by atoms with E-state index in [0.29, 0.717) is 5.92 Å². The van der Waals surface area contributed by atoms with Gasteiger partial charge in [-0.25, -0.2) is 0 Å². The average Bonchev–Trinajstić information content (AvgIpc) is 2.20. The number of hydrogen-bond donors (Lipinski definition) is 0. The van der Waals surface area contributed by atoms with Gasteiger partial charge >= 0.3 is 0 Å². The molecule has 0 spiro atoms. The number of benzene rings is 1. The van der Waals surface area contributed by atoms with Gasteiger partial charge in [0.05, 0.1) is 0 Å². The highest BCUT2D eigenvalue weighted by Crippen LogP contribution is 2.25. The molecule has 1 aliphatic carbocycles. The fourth-order valence-corrected chi connectivity index (χ4v) is 1.67. The lowest BCUT2D eigenvalue weighted by molar-refractivity contribution is 0.845. The molecule has 0 heteroatoms. The Bertz CT molecular complexity index is 330. The van der Waals surface area contributed by atoms with Crippen LogP contribution in [0.25, 0.3) is 0 Å². The van der Waals surface area contributed by atoms with Crippen LogP contribution in [0.3, 0.4) is 0 Å². The van der Waals surface area contributed by atoms with E-state index in [0.717, 1.165) is 6.42 Å². The molecule has 66 valence electrons. The summed E-state index contributed by atoms with van der Waals surface area (Å²) >= 11 is 0. The van der Waals surface area contributed by atoms with Gasteiger partial charge in [-0.05, 0) is 18.9 Å². The Balaban J connectivity index is 2.18. The van der Waals surface area contributed by atoms with Gasteiger partial charge in [0, 0.05) is 5.92 Å². The average molecular weight is 170 g/mol. The van der Waals surface area contributed by atoms with Crippen molar-refractivity contribution >= 4 is 0 Å². The van der Waals surface area contributed by atoms with Gasteiger partial charge < -0.3 is 0 Å². The van der Waals surface area contributed by atoms with Crippen molar-refractivity contribution in [3.05, 3.63) is 59.7 Å². The van der Waals surface area contributed by atoms with Crippen LogP contribution in [0.1, 0.15) is 24.8 Å². The fraction of sp³-hybridized carbons (Fsp3) is 0.231. The van der Waals surface area contributed by atoms with Crippen molar-refractivity contribution in [2.45, 2.75) is 19.3 Å². The highest BCUT2D eigenvalue weighted by molar-refractivity contribution is 5.31. The molecular formula is C13H14. The quantitative estimate of drug-likeness (QED) is 0.603. The molecule has 1 atom stereocenters. The Morgan fingerprint density at radius 1 is 1.15 bits per heavy atom. The number of rotatable bonds is 1. The van der Waals surface area contributed by atoms with Crippen LogP contribution < -0.4 is 0 Å². The molecule has 0 heterocycles. The summed E-state index contributed by atoms with van der Waals surface area (Å²) in [7, 11) is 0. The molecule has 0 saturated heterocycles. The van der Waals surface area contributed by atoms with Gasteiger partial charge in [-0.1, -0.05) is 54.1 Å². The van der Waals surface area contributed by atoms with E-state index in [1.54, 1.807) is 0 Å². The molecule has 1 aliphatic rings. The molecule has 2 rings (SSSR count). The minimum Gasteiger partial charge on any atom is -0.0807 e. The molecule has 1 unspecified atom stereocenters. The van der Waals surface area contributed by atoms with Crippen molar-refractivity contribution in [1.29, 1.82) is 0 Å². The second-order valence-electron chi connectivity index (χ2n) is 3.56. The second kappa shape index (κ2) is 3.61. The van der Waals surface area contributed by atoms with E-state index in [2.05, 4.69) is 55.5 Å². The molecule has 0 N–H and O–H groups in total. The zero-order chi connectivity index (χ0) is 9.10. The summed E-state index contributed by atoms with van der Waals surface area (Å²) in [6, 6.07) is 10.7. The van der Waals surface area contributed by atoms with Crippen molar-refractivity contribution in [2.24, 2.45) is 0 Å². The Labute approximate surface area is 79.6 Å². The Morgan fingerprint density at radius 2 is 1.92 bits per heavy atom. The van der Waals surface area contributed by atoms with Gasteiger partial charge in [-0.2, -0.15) is 0 Å². The van der Waals surface area contributed by atoms with Gasteiger partial charge in [0.2, 0.25) is 0 Å². The van der Waals surface area contributed by atoms with Crippen molar-refractivity contribution in [3.63, 3.8) is 0 Å². The molecule has 0 aromatic heterocycles. The van der Waals surface area contributed by atoms with E-state index in [-0.39, 0.29) is 0 Å². The lowest BCUT2D eigenvalue weighted by Gasteiger charge is -2.14. The van der Waals surface area contributed by atoms with Crippen LogP contribution in [0, 0.1) is 0 Å². The Morgan fingerprint density at radius 3 is 2.54 bits per heavy atom. The largest absolute Gasteiger partial charge is 0.0807 e. The van der Waals surface area contributed by atoms with E-state index >= 15 is 0 Å². The molecule has 1 aromatic rings.